The number of amides is 2. The van der Waals surface area contributed by atoms with Gasteiger partial charge < -0.3 is 15.2 Å². The van der Waals surface area contributed by atoms with Crippen LogP contribution in [0, 0.1) is 0 Å². The van der Waals surface area contributed by atoms with Gasteiger partial charge in [0.1, 0.15) is 0 Å². The number of pyridine rings is 1. The summed E-state index contributed by atoms with van der Waals surface area (Å²) < 4.78 is 1.93. The van der Waals surface area contributed by atoms with Gasteiger partial charge in [-0.25, -0.2) is 9.78 Å². The van der Waals surface area contributed by atoms with Crippen molar-refractivity contribution in [2.45, 2.75) is 32.5 Å². The molecule has 2 aromatic rings. The van der Waals surface area contributed by atoms with Gasteiger partial charge in [-0.3, -0.25) is 4.98 Å². The van der Waals surface area contributed by atoms with E-state index < -0.39 is 0 Å². The Morgan fingerprint density at radius 2 is 2.15 bits per heavy atom. The van der Waals surface area contributed by atoms with Gasteiger partial charge in [0, 0.05) is 37.4 Å². The molecule has 20 heavy (non-hydrogen) atoms. The number of hydrogen-bond donors (Lipinski definition) is 2. The molecule has 0 aliphatic heterocycles. The SMILES string of the molecule is C[C@H](Cn1ccnc1)NC(=O)N[C@H](C)c1cccnc1. The van der Waals surface area contributed by atoms with E-state index in [0.717, 1.165) is 5.56 Å². The van der Waals surface area contributed by atoms with Crippen LogP contribution in [0.1, 0.15) is 25.5 Å². The molecule has 0 spiro atoms. The highest BCUT2D eigenvalue weighted by molar-refractivity contribution is 5.74. The first-order valence-corrected chi connectivity index (χ1v) is 6.58. The maximum atomic E-state index is 11.9. The summed E-state index contributed by atoms with van der Waals surface area (Å²) in [7, 11) is 0. The fraction of sp³-hybridized carbons (Fsp3) is 0.357. The Kier molecular flexibility index (Phi) is 4.70. The van der Waals surface area contributed by atoms with Gasteiger partial charge in [0.05, 0.1) is 12.4 Å². The number of hydrogen-bond acceptors (Lipinski definition) is 3. The molecule has 0 fully saturated rings. The van der Waals surface area contributed by atoms with E-state index in [1.165, 1.54) is 0 Å². The highest BCUT2D eigenvalue weighted by atomic mass is 16.2. The molecular weight excluding hydrogens is 254 g/mol. The van der Waals surface area contributed by atoms with Crippen molar-refractivity contribution >= 4 is 6.03 Å². The fourth-order valence-corrected chi connectivity index (χ4v) is 1.93. The predicted octanol–water partition coefficient (Wildman–Crippen LogP) is 1.73. The topological polar surface area (TPSA) is 71.8 Å². The van der Waals surface area contributed by atoms with Crippen LogP contribution < -0.4 is 10.6 Å². The molecule has 2 aromatic heterocycles. The van der Waals surface area contributed by atoms with Crippen molar-refractivity contribution in [2.75, 3.05) is 0 Å². The number of aromatic nitrogens is 3. The maximum absolute atomic E-state index is 11.9. The van der Waals surface area contributed by atoms with Crippen molar-refractivity contribution in [3.8, 4) is 0 Å². The molecule has 0 aliphatic rings. The molecule has 6 heteroatoms. The molecule has 0 unspecified atom stereocenters. The molecule has 0 aliphatic carbocycles. The second-order valence-electron chi connectivity index (χ2n) is 4.79. The Morgan fingerprint density at radius 3 is 2.80 bits per heavy atom. The second-order valence-corrected chi connectivity index (χ2v) is 4.79. The van der Waals surface area contributed by atoms with Crippen LogP contribution >= 0.6 is 0 Å². The summed E-state index contributed by atoms with van der Waals surface area (Å²) in [5, 5.41) is 5.79. The first kappa shape index (κ1) is 14.0. The van der Waals surface area contributed by atoms with Gasteiger partial charge in [0.15, 0.2) is 0 Å². The van der Waals surface area contributed by atoms with Crippen LogP contribution in [0.3, 0.4) is 0 Å². The number of carbonyl (C=O) groups is 1. The highest BCUT2D eigenvalue weighted by Crippen LogP contribution is 2.09. The predicted molar refractivity (Wildman–Crippen MR) is 76.0 cm³/mol. The zero-order chi connectivity index (χ0) is 14.4. The largest absolute Gasteiger partial charge is 0.335 e. The van der Waals surface area contributed by atoms with E-state index in [4.69, 9.17) is 0 Å². The van der Waals surface area contributed by atoms with Crippen molar-refractivity contribution in [3.63, 3.8) is 0 Å². The van der Waals surface area contributed by atoms with Crippen LogP contribution in [0.2, 0.25) is 0 Å². The summed E-state index contributed by atoms with van der Waals surface area (Å²) in [6.07, 6.45) is 8.78. The molecule has 106 valence electrons. The fourth-order valence-electron chi connectivity index (χ4n) is 1.93. The van der Waals surface area contributed by atoms with Gasteiger partial charge in [0.25, 0.3) is 0 Å². The third-order valence-electron chi connectivity index (χ3n) is 2.95. The normalized spacial score (nSPS) is 13.5. The average molecular weight is 273 g/mol. The van der Waals surface area contributed by atoms with Crippen LogP contribution in [-0.4, -0.2) is 26.6 Å². The lowest BCUT2D eigenvalue weighted by Crippen LogP contribution is -2.43. The first-order chi connectivity index (χ1) is 9.65. The van der Waals surface area contributed by atoms with E-state index >= 15 is 0 Å². The maximum Gasteiger partial charge on any atom is 0.315 e. The molecule has 2 heterocycles. The van der Waals surface area contributed by atoms with Gasteiger partial charge in [0.2, 0.25) is 0 Å². The van der Waals surface area contributed by atoms with Crippen molar-refractivity contribution in [1.82, 2.24) is 25.2 Å². The third-order valence-corrected chi connectivity index (χ3v) is 2.95. The minimum atomic E-state index is -0.186. The minimum absolute atomic E-state index is 0.0188. The van der Waals surface area contributed by atoms with Crippen molar-refractivity contribution in [3.05, 3.63) is 48.8 Å². The van der Waals surface area contributed by atoms with Crippen molar-refractivity contribution in [2.24, 2.45) is 0 Å². The van der Waals surface area contributed by atoms with Crippen LogP contribution in [0.25, 0.3) is 0 Å². The van der Waals surface area contributed by atoms with E-state index in [1.54, 1.807) is 24.9 Å². The van der Waals surface area contributed by atoms with Gasteiger partial charge in [-0.1, -0.05) is 6.07 Å². The Labute approximate surface area is 118 Å². The molecule has 0 saturated heterocycles. The number of rotatable bonds is 5. The van der Waals surface area contributed by atoms with Gasteiger partial charge in [-0.15, -0.1) is 0 Å². The number of urea groups is 1. The van der Waals surface area contributed by atoms with Crippen LogP contribution in [-0.2, 0) is 6.54 Å². The Bertz CT molecular complexity index is 526. The number of nitrogens with zero attached hydrogens (tertiary/aromatic N) is 3. The summed E-state index contributed by atoms with van der Waals surface area (Å²) >= 11 is 0. The molecule has 0 radical (unpaired) electrons. The van der Waals surface area contributed by atoms with Crippen LogP contribution in [0.15, 0.2) is 43.2 Å². The molecule has 0 saturated carbocycles. The molecular formula is C14H19N5O. The summed E-state index contributed by atoms with van der Waals surface area (Å²) in [5.74, 6) is 0. The zero-order valence-electron chi connectivity index (χ0n) is 11.7. The zero-order valence-corrected chi connectivity index (χ0v) is 11.7. The average Bonchev–Trinajstić information content (AvgIpc) is 2.92. The lowest BCUT2D eigenvalue weighted by molar-refractivity contribution is 0.233. The number of nitrogens with one attached hydrogen (secondary N) is 2. The van der Waals surface area contributed by atoms with Crippen molar-refractivity contribution in [1.29, 1.82) is 0 Å². The summed E-state index contributed by atoms with van der Waals surface area (Å²) in [4.78, 5) is 19.9. The van der Waals surface area contributed by atoms with Gasteiger partial charge in [-0.05, 0) is 25.5 Å². The lowest BCUT2D eigenvalue weighted by atomic mass is 10.1. The summed E-state index contributed by atoms with van der Waals surface area (Å²) in [5.41, 5.74) is 0.977. The molecule has 2 rings (SSSR count). The molecule has 0 aromatic carbocycles. The third kappa shape index (κ3) is 4.08. The molecule has 6 nitrogen and oxygen atoms in total. The summed E-state index contributed by atoms with van der Waals surface area (Å²) in [6.45, 7) is 4.57. The Balaban J connectivity index is 1.80. The number of carbonyl (C=O) groups excluding carboxylic acids is 1. The first-order valence-electron chi connectivity index (χ1n) is 6.58. The van der Waals surface area contributed by atoms with Crippen LogP contribution in [0.5, 0.6) is 0 Å². The van der Waals surface area contributed by atoms with Gasteiger partial charge >= 0.3 is 6.03 Å². The summed E-state index contributed by atoms with van der Waals surface area (Å²) in [6, 6.07) is 3.54. The van der Waals surface area contributed by atoms with E-state index in [9.17, 15) is 4.79 Å². The Morgan fingerprint density at radius 1 is 1.30 bits per heavy atom. The van der Waals surface area contributed by atoms with Crippen LogP contribution in [0.4, 0.5) is 4.79 Å². The highest BCUT2D eigenvalue weighted by Gasteiger charge is 2.11. The van der Waals surface area contributed by atoms with Crippen molar-refractivity contribution < 1.29 is 4.79 Å². The molecule has 2 N–H and O–H groups in total. The second kappa shape index (κ2) is 6.70. The smallest absolute Gasteiger partial charge is 0.315 e. The van der Waals surface area contributed by atoms with E-state index in [2.05, 4.69) is 20.6 Å². The van der Waals surface area contributed by atoms with E-state index in [0.29, 0.717) is 6.54 Å². The quantitative estimate of drug-likeness (QED) is 0.871. The van der Waals surface area contributed by atoms with Gasteiger partial charge in [-0.2, -0.15) is 0 Å². The molecule has 2 amide bonds. The Hall–Kier alpha value is -2.37. The molecule has 2 atom stereocenters. The van der Waals surface area contributed by atoms with E-state index in [-0.39, 0.29) is 18.1 Å². The van der Waals surface area contributed by atoms with E-state index in [1.807, 2.05) is 36.7 Å². The number of imidazole rings is 1. The standard InChI is InChI=1S/C14H19N5O/c1-11(9-19-7-6-16-10-19)17-14(20)18-12(2)13-4-3-5-15-8-13/h3-8,10-12H,9H2,1-2H3,(H2,17,18,20)/t11-,12-/m1/s1. The molecule has 0 bridgehead atoms. The minimum Gasteiger partial charge on any atom is -0.335 e. The monoisotopic (exact) mass is 273 g/mol. The lowest BCUT2D eigenvalue weighted by Gasteiger charge is -2.18.